The van der Waals surface area contributed by atoms with Crippen molar-refractivity contribution in [3.8, 4) is 11.8 Å². The van der Waals surface area contributed by atoms with E-state index in [1.54, 1.807) is 29.2 Å². The summed E-state index contributed by atoms with van der Waals surface area (Å²) in [7, 11) is 4.01. The standard InChI is InChI=1S/C20H25FN4O/c1-24(2)18-7-4-8-19(18)25(14-26)20(23)12-11-17(22)10-9-15-5-3-6-16(21)13-15/h3,5-6,11-14,18-19H,4,7-8,22-23H2,1-2H3/b17-11-,20-12+. The van der Waals surface area contributed by atoms with Gasteiger partial charge in [-0.1, -0.05) is 12.0 Å². The van der Waals surface area contributed by atoms with Crippen molar-refractivity contribution in [1.29, 1.82) is 0 Å². The molecule has 138 valence electrons. The lowest BCUT2D eigenvalue weighted by molar-refractivity contribution is -0.119. The first-order valence-corrected chi connectivity index (χ1v) is 8.53. The van der Waals surface area contributed by atoms with Crippen molar-refractivity contribution < 1.29 is 9.18 Å². The van der Waals surface area contributed by atoms with Gasteiger partial charge >= 0.3 is 0 Å². The van der Waals surface area contributed by atoms with E-state index in [1.807, 2.05) is 14.1 Å². The Morgan fingerprint density at radius 1 is 1.23 bits per heavy atom. The first-order valence-electron chi connectivity index (χ1n) is 8.53. The number of rotatable bonds is 5. The molecule has 0 radical (unpaired) electrons. The minimum atomic E-state index is -0.350. The van der Waals surface area contributed by atoms with Crippen LogP contribution >= 0.6 is 0 Å². The van der Waals surface area contributed by atoms with Crippen molar-refractivity contribution in [2.45, 2.75) is 31.3 Å². The molecule has 0 aromatic heterocycles. The SMILES string of the molecule is CN(C)C1CCCC1N(C=O)/C(N)=C/C=C(\N)C#Cc1cccc(F)c1. The van der Waals surface area contributed by atoms with Crippen molar-refractivity contribution in [2.75, 3.05) is 14.1 Å². The fraction of sp³-hybridized carbons (Fsp3) is 0.350. The zero-order chi connectivity index (χ0) is 19.1. The highest BCUT2D eigenvalue weighted by Crippen LogP contribution is 2.27. The van der Waals surface area contributed by atoms with Crippen molar-refractivity contribution in [1.82, 2.24) is 9.80 Å². The lowest BCUT2D eigenvalue weighted by Gasteiger charge is -2.33. The predicted octanol–water partition coefficient (Wildman–Crippen LogP) is 1.76. The van der Waals surface area contributed by atoms with E-state index in [4.69, 9.17) is 11.5 Å². The van der Waals surface area contributed by atoms with Crippen LogP contribution in [0, 0.1) is 17.7 Å². The molecule has 1 aromatic rings. The van der Waals surface area contributed by atoms with Gasteiger partial charge in [0.1, 0.15) is 11.6 Å². The van der Waals surface area contributed by atoms with Crippen molar-refractivity contribution >= 4 is 6.41 Å². The summed E-state index contributed by atoms with van der Waals surface area (Å²) in [6, 6.07) is 6.30. The summed E-state index contributed by atoms with van der Waals surface area (Å²) in [5.41, 5.74) is 12.8. The van der Waals surface area contributed by atoms with Gasteiger partial charge in [-0.25, -0.2) is 4.39 Å². The molecular weight excluding hydrogens is 331 g/mol. The minimum absolute atomic E-state index is 0.0479. The maximum Gasteiger partial charge on any atom is 0.215 e. The lowest BCUT2D eigenvalue weighted by Crippen LogP contribution is -2.46. The smallest absolute Gasteiger partial charge is 0.215 e. The number of benzene rings is 1. The first kappa shape index (κ1) is 19.5. The van der Waals surface area contributed by atoms with Gasteiger partial charge in [0.15, 0.2) is 0 Å². The van der Waals surface area contributed by atoms with E-state index < -0.39 is 0 Å². The van der Waals surface area contributed by atoms with Gasteiger partial charge < -0.3 is 16.4 Å². The molecule has 1 aliphatic rings. The Morgan fingerprint density at radius 3 is 2.62 bits per heavy atom. The van der Waals surface area contributed by atoms with Gasteiger partial charge in [-0.15, -0.1) is 0 Å². The van der Waals surface area contributed by atoms with Gasteiger partial charge in [0.05, 0.1) is 11.7 Å². The predicted molar refractivity (Wildman–Crippen MR) is 101 cm³/mol. The molecule has 2 atom stereocenters. The molecule has 1 saturated carbocycles. The molecule has 5 nitrogen and oxygen atoms in total. The van der Waals surface area contributed by atoms with Crippen LogP contribution in [0.25, 0.3) is 0 Å². The van der Waals surface area contributed by atoms with Crippen LogP contribution in [0.3, 0.4) is 0 Å². The number of carbonyl (C=O) groups excluding carboxylic acids is 1. The van der Waals surface area contributed by atoms with Gasteiger partial charge in [0, 0.05) is 11.6 Å². The second-order valence-corrected chi connectivity index (χ2v) is 6.52. The Balaban J connectivity index is 2.12. The van der Waals surface area contributed by atoms with E-state index in [0.29, 0.717) is 11.4 Å². The van der Waals surface area contributed by atoms with Crippen LogP contribution in [-0.4, -0.2) is 42.4 Å². The molecule has 1 aromatic carbocycles. The quantitative estimate of drug-likeness (QED) is 0.479. The summed E-state index contributed by atoms with van der Waals surface area (Å²) >= 11 is 0. The third kappa shape index (κ3) is 5.11. The monoisotopic (exact) mass is 356 g/mol. The number of amides is 1. The van der Waals surface area contributed by atoms with Crippen LogP contribution in [0.15, 0.2) is 47.9 Å². The van der Waals surface area contributed by atoms with Gasteiger partial charge in [0.25, 0.3) is 0 Å². The molecule has 0 bridgehead atoms. The van der Waals surface area contributed by atoms with E-state index in [-0.39, 0.29) is 23.6 Å². The Bertz CT molecular complexity index is 761. The Hall–Kier alpha value is -2.78. The molecule has 1 fully saturated rings. The maximum absolute atomic E-state index is 13.1. The van der Waals surface area contributed by atoms with Crippen LogP contribution in [0.4, 0.5) is 4.39 Å². The average molecular weight is 356 g/mol. The highest BCUT2D eigenvalue weighted by atomic mass is 19.1. The summed E-state index contributed by atoms with van der Waals surface area (Å²) in [5.74, 6) is 5.51. The molecule has 2 unspecified atom stereocenters. The van der Waals surface area contributed by atoms with E-state index in [1.165, 1.54) is 12.1 Å². The summed E-state index contributed by atoms with van der Waals surface area (Å²) in [6.07, 6.45) is 6.90. The fourth-order valence-corrected chi connectivity index (χ4v) is 3.19. The van der Waals surface area contributed by atoms with Gasteiger partial charge in [0.2, 0.25) is 6.41 Å². The molecule has 0 aliphatic heterocycles. The number of hydrogen-bond donors (Lipinski definition) is 2. The molecular formula is C20H25FN4O. The van der Waals surface area contributed by atoms with E-state index in [2.05, 4.69) is 16.7 Å². The average Bonchev–Trinajstić information content (AvgIpc) is 3.08. The van der Waals surface area contributed by atoms with E-state index in [0.717, 1.165) is 25.7 Å². The number of hydrogen-bond acceptors (Lipinski definition) is 4. The number of halogens is 1. The van der Waals surface area contributed by atoms with Crippen molar-refractivity contribution in [3.63, 3.8) is 0 Å². The lowest BCUT2D eigenvalue weighted by atomic mass is 10.1. The Morgan fingerprint density at radius 2 is 1.96 bits per heavy atom. The van der Waals surface area contributed by atoms with Crippen LogP contribution in [-0.2, 0) is 4.79 Å². The second-order valence-electron chi connectivity index (χ2n) is 6.52. The van der Waals surface area contributed by atoms with Gasteiger partial charge in [-0.2, -0.15) is 0 Å². The zero-order valence-corrected chi connectivity index (χ0v) is 15.2. The number of allylic oxidation sites excluding steroid dienone is 3. The summed E-state index contributed by atoms with van der Waals surface area (Å²) in [6.45, 7) is 0. The van der Waals surface area contributed by atoms with Crippen molar-refractivity contribution in [3.05, 3.63) is 59.3 Å². The summed E-state index contributed by atoms with van der Waals surface area (Å²) in [5, 5.41) is 0. The number of likely N-dealkylation sites (N-methyl/N-ethyl adjacent to an activating group) is 1. The fourth-order valence-electron chi connectivity index (χ4n) is 3.19. The maximum atomic E-state index is 13.1. The van der Waals surface area contributed by atoms with Crippen molar-refractivity contribution in [2.24, 2.45) is 11.5 Å². The molecule has 26 heavy (non-hydrogen) atoms. The van der Waals surface area contributed by atoms with Gasteiger partial charge in [-0.3, -0.25) is 9.69 Å². The first-order chi connectivity index (χ1) is 12.4. The molecule has 6 heteroatoms. The largest absolute Gasteiger partial charge is 0.392 e. The normalized spacial score (nSPS) is 20.6. The van der Waals surface area contributed by atoms with E-state index in [9.17, 15) is 9.18 Å². The van der Waals surface area contributed by atoms with Crippen LogP contribution in [0.2, 0.25) is 0 Å². The molecule has 2 rings (SSSR count). The second kappa shape index (κ2) is 9.07. The van der Waals surface area contributed by atoms with Crippen LogP contribution in [0.5, 0.6) is 0 Å². The molecule has 1 aliphatic carbocycles. The molecule has 0 spiro atoms. The Kier molecular flexibility index (Phi) is 6.81. The minimum Gasteiger partial charge on any atom is -0.392 e. The number of nitrogens with zero attached hydrogens (tertiary/aromatic N) is 2. The Labute approximate surface area is 154 Å². The molecule has 1 amide bonds. The highest BCUT2D eigenvalue weighted by molar-refractivity contribution is 5.52. The number of nitrogens with two attached hydrogens (primary N) is 2. The topological polar surface area (TPSA) is 75.6 Å². The number of carbonyl (C=O) groups is 1. The third-order valence-electron chi connectivity index (χ3n) is 4.49. The van der Waals surface area contributed by atoms with E-state index >= 15 is 0 Å². The van der Waals surface area contributed by atoms with Crippen LogP contribution in [0.1, 0.15) is 24.8 Å². The van der Waals surface area contributed by atoms with Crippen LogP contribution < -0.4 is 11.5 Å². The third-order valence-corrected chi connectivity index (χ3v) is 4.49. The molecule has 4 N–H and O–H groups in total. The van der Waals surface area contributed by atoms with Gasteiger partial charge in [-0.05, 0) is 69.6 Å². The molecule has 0 saturated heterocycles. The summed E-state index contributed by atoms with van der Waals surface area (Å²) < 4.78 is 13.1. The zero-order valence-electron chi connectivity index (χ0n) is 15.2. The molecule has 0 heterocycles. The summed E-state index contributed by atoms with van der Waals surface area (Å²) in [4.78, 5) is 15.2. The highest BCUT2D eigenvalue weighted by Gasteiger charge is 2.33.